The molecule has 0 bridgehead atoms. The zero-order chi connectivity index (χ0) is 68.2. The number of hydrogen-bond donors (Lipinski definition) is 5. The Labute approximate surface area is 538 Å². The Hall–Kier alpha value is -6.29. The predicted octanol–water partition coefficient (Wildman–Crippen LogP) is 5.10. The number of carbonyl (C=O) groups excluding carboxylic acids is 3. The van der Waals surface area contributed by atoms with Crippen molar-refractivity contribution in [2.75, 3.05) is 117 Å². The number of nitrogens with zero attached hydrogens (tertiary/aromatic N) is 3. The molecule has 1 fully saturated rings. The van der Waals surface area contributed by atoms with Gasteiger partial charge in [-0.25, -0.2) is 4.79 Å². The van der Waals surface area contributed by atoms with Crippen LogP contribution in [0.25, 0.3) is 21.5 Å². The van der Waals surface area contributed by atoms with Crippen LogP contribution in [0.2, 0.25) is 0 Å². The third kappa shape index (κ3) is 18.6. The van der Waals surface area contributed by atoms with Gasteiger partial charge in [0.05, 0.1) is 93.4 Å². The Balaban J connectivity index is 1.25. The third-order valence-corrected chi connectivity index (χ3v) is 19.9. The van der Waals surface area contributed by atoms with Crippen molar-refractivity contribution in [3.8, 4) is 0 Å². The first-order chi connectivity index (χ1) is 43.8. The van der Waals surface area contributed by atoms with Crippen LogP contribution in [0.5, 0.6) is 0 Å². The summed E-state index contributed by atoms with van der Waals surface area (Å²) in [5.41, 5.74) is 0.0974. The maximum absolute atomic E-state index is 13.0. The fraction of sp³-hybridized carbons (Fsp3) is 0.458. The zero-order valence-corrected chi connectivity index (χ0v) is 55.3. The summed E-state index contributed by atoms with van der Waals surface area (Å²) in [6, 6.07) is 9.33. The van der Waals surface area contributed by atoms with E-state index >= 15 is 0 Å². The molecule has 4 aromatic carbocycles. The van der Waals surface area contributed by atoms with Crippen LogP contribution in [-0.2, 0) is 114 Å². The predicted molar refractivity (Wildman–Crippen MR) is 334 cm³/mol. The number of methoxy groups -OCH3 is 2. The molecule has 7 rings (SSSR count). The molecule has 34 heteroatoms. The molecule has 93 heavy (non-hydrogen) atoms. The molecule has 3 aliphatic heterocycles. The average Bonchev–Trinajstić information content (AvgIpc) is 1.60. The third-order valence-electron chi connectivity index (χ3n) is 15.6. The number of allylic oxidation sites excluding steroid dienone is 8. The van der Waals surface area contributed by atoms with Crippen molar-refractivity contribution >= 4 is 107 Å². The van der Waals surface area contributed by atoms with E-state index in [0.29, 0.717) is 70.9 Å². The summed E-state index contributed by atoms with van der Waals surface area (Å²) in [5.74, 6) is -2.80. The standard InChI is InChI=1S/C59H73N3O26S5/c1-58(20-10-36-89(66,67)68)51(60(22-26-81-3)47-15-13-43-45(56(47)58)37-41(90(69,70)71)39-49(43)92(75,76)77)11-8-6-5-7-9-12-52-59(2,21-25-84-31-33-87-35-34-86-29-28-82-4)57-46-38-42(91(72,73)74)40-50(93(78,79)80)44(46)14-16-48(57)61(52)23-27-85-32-30-83-24-19-55(65)88-62-53(63)17-18-54(62)64/h5-9,11-16,37-40H,10,17-36H2,1-4H3,(H4-,66,67,68,69,70,71,72,73,74,75,76,77,78,79,80)/p+1. The van der Waals surface area contributed by atoms with Gasteiger partial charge in [-0.15, -0.1) is 5.06 Å². The van der Waals surface area contributed by atoms with Crippen LogP contribution in [0.4, 0.5) is 11.4 Å². The molecule has 2 amide bonds. The first-order valence-electron chi connectivity index (χ1n) is 28.9. The Morgan fingerprint density at radius 2 is 1.06 bits per heavy atom. The summed E-state index contributed by atoms with van der Waals surface area (Å²) < 4.78 is 219. The number of imide groups is 1. The van der Waals surface area contributed by atoms with Crippen LogP contribution >= 0.6 is 0 Å². The number of hydrogen-bond acceptors (Lipinski definition) is 22. The van der Waals surface area contributed by atoms with E-state index in [4.69, 9.17) is 38.0 Å². The molecular weight excluding hydrogens is 1330 g/mol. The Morgan fingerprint density at radius 1 is 0.559 bits per heavy atom. The van der Waals surface area contributed by atoms with Gasteiger partial charge in [0.25, 0.3) is 62.4 Å². The van der Waals surface area contributed by atoms with Gasteiger partial charge in [0.15, 0.2) is 12.3 Å². The van der Waals surface area contributed by atoms with Gasteiger partial charge in [0.2, 0.25) is 5.69 Å². The first kappa shape index (κ1) is 74.1. The number of anilines is 1. The van der Waals surface area contributed by atoms with Gasteiger partial charge in [-0.3, -0.25) is 32.4 Å². The Morgan fingerprint density at radius 3 is 1.61 bits per heavy atom. The lowest BCUT2D eigenvalue weighted by Crippen LogP contribution is -2.32. The van der Waals surface area contributed by atoms with E-state index in [-0.39, 0.29) is 133 Å². The normalized spacial score (nSPS) is 18.7. The van der Waals surface area contributed by atoms with Crippen molar-refractivity contribution in [3.05, 3.63) is 108 Å². The first-order valence-corrected chi connectivity index (χ1v) is 36.3. The van der Waals surface area contributed by atoms with Crippen molar-refractivity contribution in [3.63, 3.8) is 0 Å². The van der Waals surface area contributed by atoms with Crippen LogP contribution in [0.15, 0.2) is 116 Å². The number of ether oxygens (including phenoxy) is 7. The molecule has 4 aromatic rings. The van der Waals surface area contributed by atoms with Crippen molar-refractivity contribution in [1.82, 2.24) is 5.06 Å². The van der Waals surface area contributed by atoms with E-state index in [1.165, 1.54) is 19.2 Å². The van der Waals surface area contributed by atoms with E-state index in [9.17, 15) is 79.2 Å². The molecule has 0 saturated carbocycles. The van der Waals surface area contributed by atoms with E-state index in [0.717, 1.165) is 12.1 Å². The second kappa shape index (κ2) is 31.5. The highest BCUT2D eigenvalue weighted by atomic mass is 32.2. The van der Waals surface area contributed by atoms with Gasteiger partial charge >= 0.3 is 5.97 Å². The highest BCUT2D eigenvalue weighted by Crippen LogP contribution is 2.54. The van der Waals surface area contributed by atoms with E-state index in [1.807, 2.05) is 11.8 Å². The van der Waals surface area contributed by atoms with Gasteiger partial charge in [-0.1, -0.05) is 36.4 Å². The van der Waals surface area contributed by atoms with Crippen LogP contribution in [0, 0.1) is 0 Å². The van der Waals surface area contributed by atoms with E-state index < -0.39 is 105 Å². The Kier molecular flexibility index (Phi) is 25.1. The summed E-state index contributed by atoms with van der Waals surface area (Å²) in [7, 11) is -21.9. The van der Waals surface area contributed by atoms with E-state index in [1.54, 1.807) is 73.3 Å². The van der Waals surface area contributed by atoms with E-state index in [2.05, 4.69) is 0 Å². The fourth-order valence-electron chi connectivity index (χ4n) is 11.4. The van der Waals surface area contributed by atoms with Crippen molar-refractivity contribution in [2.24, 2.45) is 0 Å². The van der Waals surface area contributed by atoms with Crippen LogP contribution in [0.1, 0.15) is 63.5 Å². The second-order valence-corrected chi connectivity index (χ2v) is 29.1. The van der Waals surface area contributed by atoms with Crippen molar-refractivity contribution in [1.29, 1.82) is 0 Å². The summed E-state index contributed by atoms with van der Waals surface area (Å²) in [4.78, 5) is 39.5. The largest absolute Gasteiger partial charge is 0.382 e. The molecule has 0 radical (unpaired) electrons. The highest BCUT2D eigenvalue weighted by molar-refractivity contribution is 7.87. The number of benzene rings is 4. The zero-order valence-electron chi connectivity index (χ0n) is 51.2. The monoisotopic (exact) mass is 1400 g/mol. The maximum Gasteiger partial charge on any atom is 0.335 e. The summed E-state index contributed by atoms with van der Waals surface area (Å²) in [6.07, 6.45) is 11.2. The summed E-state index contributed by atoms with van der Waals surface area (Å²) in [6.45, 7) is 5.49. The molecule has 2 atom stereocenters. The molecule has 29 nitrogen and oxygen atoms in total. The van der Waals surface area contributed by atoms with Gasteiger partial charge in [0, 0.05) is 85.5 Å². The molecule has 0 aliphatic carbocycles. The molecular formula is C59H74N3O26S5+. The number of fused-ring (bicyclic) bond motifs is 6. The molecule has 3 heterocycles. The molecule has 1 saturated heterocycles. The van der Waals surface area contributed by atoms with Crippen LogP contribution in [-0.4, -0.2) is 210 Å². The minimum atomic E-state index is -5.13. The van der Waals surface area contributed by atoms with Gasteiger partial charge in [-0.05, 0) is 91.9 Å². The molecule has 5 N–H and O–H groups in total. The number of amides is 2. The van der Waals surface area contributed by atoms with Gasteiger partial charge in [0.1, 0.15) is 16.4 Å². The Bertz CT molecular complexity index is 4210. The van der Waals surface area contributed by atoms with Crippen LogP contribution < -0.4 is 4.90 Å². The quantitative estimate of drug-likeness (QED) is 0.0129. The minimum absolute atomic E-state index is 0.00389. The van der Waals surface area contributed by atoms with Gasteiger partial charge in [-0.2, -0.15) is 46.7 Å². The number of carbonyl (C=O) groups is 3. The average molecular weight is 1400 g/mol. The maximum atomic E-state index is 13.0. The van der Waals surface area contributed by atoms with Gasteiger partial charge < -0.3 is 42.9 Å². The molecule has 510 valence electrons. The number of rotatable bonds is 37. The van der Waals surface area contributed by atoms with Crippen molar-refractivity contribution < 1.29 is 122 Å². The SMILES string of the molecule is COCCOCCOCCOCCC1(C)\C(=C/C=C/C=C/C=C/C2=[N+](CCOC)c3ccc4c(S(=O)(=O)O)cc(S(=O)(=O)O)cc4c3C2(C)CCCS(=O)(=O)O)N(CCOCCOCCC(=O)ON2C(=O)CCC2=O)c2ccc3c(S(=O)(=O)O)cc(S(=O)(=O)O)cc3c21. The molecule has 2 unspecified atom stereocenters. The summed E-state index contributed by atoms with van der Waals surface area (Å²) in [5, 5.41) is 0.286. The molecule has 0 aromatic heterocycles. The topological polar surface area (TPSA) is 406 Å². The second-order valence-electron chi connectivity index (χ2n) is 21.9. The van der Waals surface area contributed by atoms with Crippen molar-refractivity contribution in [2.45, 2.75) is 82.8 Å². The molecule has 0 spiro atoms. The highest BCUT2D eigenvalue weighted by Gasteiger charge is 2.50. The summed E-state index contributed by atoms with van der Waals surface area (Å²) >= 11 is 0. The fourth-order valence-corrected chi connectivity index (χ4v) is 14.6. The minimum Gasteiger partial charge on any atom is -0.382 e. The van der Waals surface area contributed by atoms with Crippen LogP contribution in [0.3, 0.4) is 0 Å². The lowest BCUT2D eigenvalue weighted by molar-refractivity contribution is -0.441. The number of hydroxylamine groups is 2. The lowest BCUT2D eigenvalue weighted by Gasteiger charge is -2.31. The molecule has 3 aliphatic rings. The smallest absolute Gasteiger partial charge is 0.335 e. The lowest BCUT2D eigenvalue weighted by atomic mass is 9.74.